The highest BCUT2D eigenvalue weighted by molar-refractivity contribution is 7.91. The van der Waals surface area contributed by atoms with Gasteiger partial charge in [-0.05, 0) is 108 Å². The van der Waals surface area contributed by atoms with Gasteiger partial charge in [0.2, 0.25) is 27.7 Å². The third-order valence-electron chi connectivity index (χ3n) is 11.8. The summed E-state index contributed by atoms with van der Waals surface area (Å²) in [4.78, 5) is 67.9. The van der Waals surface area contributed by atoms with Gasteiger partial charge in [-0.2, -0.15) is 4.98 Å². The average Bonchev–Trinajstić information content (AvgIpc) is 4.14. The first kappa shape index (κ1) is 43.6. The van der Waals surface area contributed by atoms with Crippen molar-refractivity contribution >= 4 is 44.7 Å². The highest BCUT2D eigenvalue weighted by Gasteiger charge is 2.62. The van der Waals surface area contributed by atoms with Gasteiger partial charge < -0.3 is 34.5 Å². The molecule has 2 aliphatic heterocycles. The van der Waals surface area contributed by atoms with Gasteiger partial charge in [-0.15, -0.1) is 0 Å². The topological polar surface area (TPSA) is 204 Å². The Balaban J connectivity index is 1.26. The first-order valence-corrected chi connectivity index (χ1v) is 22.5. The minimum Gasteiger partial charge on any atom is -0.497 e. The molecule has 3 N–H and O–H groups in total. The summed E-state index contributed by atoms with van der Waals surface area (Å²) in [6.45, 7) is 9.07. The summed E-state index contributed by atoms with van der Waals surface area (Å²) in [7, 11) is -0.804. The van der Waals surface area contributed by atoms with E-state index in [4.69, 9.17) is 28.9 Å². The van der Waals surface area contributed by atoms with Gasteiger partial charge in [0, 0.05) is 24.0 Å². The number of nitrogens with zero attached hydrogens (tertiary/aromatic N) is 3. The van der Waals surface area contributed by atoms with Crippen LogP contribution in [-0.4, -0.2) is 102 Å². The number of amides is 4. The minimum absolute atomic E-state index is 0.0143. The van der Waals surface area contributed by atoms with Crippen LogP contribution < -0.4 is 29.6 Å². The number of fused-ring (bicyclic) bond motifs is 3. The highest BCUT2D eigenvalue weighted by atomic mass is 32.2. The Labute approximate surface area is 356 Å². The molecule has 7 rings (SSSR count). The van der Waals surface area contributed by atoms with E-state index in [0.717, 1.165) is 6.42 Å². The fraction of sp³-hybridized carbons (Fsp3) is 0.545. The van der Waals surface area contributed by atoms with E-state index in [-0.39, 0.29) is 37.1 Å². The number of rotatable bonds is 9. The monoisotopic (exact) mass is 860 g/mol. The van der Waals surface area contributed by atoms with E-state index in [1.807, 2.05) is 31.2 Å². The van der Waals surface area contributed by atoms with Crippen LogP contribution in [0, 0.1) is 17.8 Å². The molecule has 4 amide bonds. The zero-order chi connectivity index (χ0) is 43.9. The summed E-state index contributed by atoms with van der Waals surface area (Å²) in [5.41, 5.74) is -1.18. The van der Waals surface area contributed by atoms with Gasteiger partial charge in [0.15, 0.2) is 5.82 Å². The van der Waals surface area contributed by atoms with E-state index in [0.29, 0.717) is 59.5 Å². The molecular weight excluding hydrogens is 805 g/mol. The smallest absolute Gasteiger partial charge is 0.408 e. The lowest BCUT2D eigenvalue weighted by Crippen LogP contribution is -2.59. The molecule has 328 valence electrons. The van der Waals surface area contributed by atoms with Crippen LogP contribution in [0.15, 0.2) is 54.6 Å². The normalized spacial score (nSPS) is 27.6. The van der Waals surface area contributed by atoms with E-state index in [1.54, 1.807) is 65.3 Å². The van der Waals surface area contributed by atoms with Crippen molar-refractivity contribution in [3.8, 4) is 28.8 Å². The summed E-state index contributed by atoms with van der Waals surface area (Å²) in [5, 5.41) is 5.64. The van der Waals surface area contributed by atoms with Crippen LogP contribution in [0.1, 0.15) is 79.6 Å². The van der Waals surface area contributed by atoms with Gasteiger partial charge in [0.05, 0.1) is 36.9 Å². The van der Waals surface area contributed by atoms with Crippen LogP contribution in [0.3, 0.4) is 0 Å². The molecule has 4 aliphatic rings. The lowest BCUT2D eigenvalue weighted by molar-refractivity contribution is -0.142. The molecule has 2 saturated carbocycles. The Hall–Kier alpha value is -5.45. The van der Waals surface area contributed by atoms with Gasteiger partial charge in [0.25, 0.3) is 5.91 Å². The number of sulfonamides is 1. The molecule has 3 heterocycles. The number of alkyl carbamates (subject to hydrolysis) is 1. The lowest BCUT2D eigenvalue weighted by Gasteiger charge is -2.33. The summed E-state index contributed by atoms with van der Waals surface area (Å²) in [6, 6.07) is 10.2. The number of hydrogen-bond donors (Lipinski definition) is 3. The maximum Gasteiger partial charge on any atom is 0.408 e. The Bertz CT molecular complexity index is 2310. The van der Waals surface area contributed by atoms with Gasteiger partial charge in [-0.25, -0.2) is 18.2 Å². The number of allylic oxidation sites excluding steroid dienone is 1. The number of carbonyl (C=O) groups is 4. The molecule has 3 aromatic rings. The van der Waals surface area contributed by atoms with Gasteiger partial charge in [-0.3, -0.25) is 19.1 Å². The third-order valence-corrected chi connectivity index (χ3v) is 13.6. The number of carbonyl (C=O) groups excluding carboxylic acids is 4. The Morgan fingerprint density at radius 3 is 2.33 bits per heavy atom. The fourth-order valence-corrected chi connectivity index (χ4v) is 9.62. The van der Waals surface area contributed by atoms with Crippen molar-refractivity contribution < 1.29 is 46.5 Å². The molecule has 1 aromatic heterocycles. The van der Waals surface area contributed by atoms with E-state index in [9.17, 15) is 27.6 Å². The number of aromatic nitrogens is 2. The second-order valence-electron chi connectivity index (χ2n) is 17.8. The lowest BCUT2D eigenvalue weighted by atomic mass is 9.88. The molecule has 0 bridgehead atoms. The summed E-state index contributed by atoms with van der Waals surface area (Å²) < 4.78 is 51.3. The number of ether oxygens (including phenoxy) is 4. The van der Waals surface area contributed by atoms with Crippen LogP contribution in [0.25, 0.3) is 22.3 Å². The SMILES string of the molecule is COc1ccc(-c2nc(O[C@@H]3C[C@H]4C(=O)N[C@]5(C(=O)NS(=O)(=O)C6CC6)C[C@H]5/C=C\CC[C@H](C)C[C@@H](C)[C@H](NC(=O)OC(C)(C)C)C(=O)N4C3)c3ccc(OC)cc3n2)cc1. The molecule has 2 aromatic carbocycles. The van der Waals surface area contributed by atoms with Crippen molar-refractivity contribution in [1.82, 2.24) is 30.2 Å². The average molecular weight is 861 g/mol. The zero-order valence-corrected chi connectivity index (χ0v) is 36.5. The first-order chi connectivity index (χ1) is 28.9. The van der Waals surface area contributed by atoms with E-state index in [2.05, 4.69) is 22.3 Å². The van der Waals surface area contributed by atoms with E-state index >= 15 is 0 Å². The molecule has 0 radical (unpaired) electrons. The van der Waals surface area contributed by atoms with Gasteiger partial charge in [-0.1, -0.05) is 26.0 Å². The molecular formula is C44H56N6O10S. The fourth-order valence-electron chi connectivity index (χ4n) is 8.26. The Morgan fingerprint density at radius 2 is 1.66 bits per heavy atom. The van der Waals surface area contributed by atoms with Crippen LogP contribution in [0.2, 0.25) is 0 Å². The van der Waals surface area contributed by atoms with E-state index in [1.165, 1.54) is 4.90 Å². The van der Waals surface area contributed by atoms with Crippen molar-refractivity contribution in [1.29, 1.82) is 0 Å². The maximum absolute atomic E-state index is 15.0. The highest BCUT2D eigenvalue weighted by Crippen LogP contribution is 2.46. The first-order valence-electron chi connectivity index (χ1n) is 20.9. The second-order valence-corrected chi connectivity index (χ2v) is 19.8. The quantitative estimate of drug-likeness (QED) is 0.242. The molecule has 16 nitrogen and oxygen atoms in total. The molecule has 3 fully saturated rings. The summed E-state index contributed by atoms with van der Waals surface area (Å²) in [6.07, 6.45) is 5.31. The predicted molar refractivity (Wildman–Crippen MR) is 226 cm³/mol. The van der Waals surface area contributed by atoms with Crippen molar-refractivity contribution in [2.75, 3.05) is 20.8 Å². The number of hydrogen-bond acceptors (Lipinski definition) is 12. The van der Waals surface area contributed by atoms with Crippen LogP contribution in [-0.2, 0) is 29.1 Å². The third kappa shape index (κ3) is 9.87. The molecule has 1 saturated heterocycles. The maximum atomic E-state index is 15.0. The molecule has 17 heteroatoms. The summed E-state index contributed by atoms with van der Waals surface area (Å²) in [5.74, 6) is -0.924. The van der Waals surface area contributed by atoms with Crippen molar-refractivity contribution in [2.24, 2.45) is 17.8 Å². The molecule has 0 unspecified atom stereocenters. The predicted octanol–water partition coefficient (Wildman–Crippen LogP) is 5.05. The molecule has 0 spiro atoms. The Morgan fingerprint density at radius 1 is 0.951 bits per heavy atom. The largest absolute Gasteiger partial charge is 0.497 e. The number of nitrogens with one attached hydrogen (secondary N) is 3. The molecule has 7 atom stereocenters. The molecule has 61 heavy (non-hydrogen) atoms. The molecule has 2 aliphatic carbocycles. The number of benzene rings is 2. The minimum atomic E-state index is -3.93. The van der Waals surface area contributed by atoms with Crippen molar-refractivity contribution in [3.63, 3.8) is 0 Å². The second kappa shape index (κ2) is 17.1. The van der Waals surface area contributed by atoms with Crippen molar-refractivity contribution in [3.05, 3.63) is 54.6 Å². The standard InChI is InChI=1S/C44H56N6O10S/c1-25-10-8-9-11-28-23-44(28,41(53)49-61(55,56)32-17-18-32)48-38(51)35-22-31(24-50(35)40(52)36(26(2)20-25)46-42(54)60-43(3,4)5)59-39-33-19-16-30(58-7)21-34(33)45-37(47-39)27-12-14-29(57-6)15-13-27/h9,11-16,19,21,25-26,28,31-32,35-36H,8,10,17-18,20,22-24H2,1-7H3,(H,46,54)(H,48,51)(H,49,53)/b11-9-/t25-,26+,28+,31+,35-,36-,44+/m0/s1. The zero-order valence-electron chi connectivity index (χ0n) is 35.7. The number of methoxy groups -OCH3 is 2. The van der Waals surface area contributed by atoms with Gasteiger partial charge in [0.1, 0.15) is 40.8 Å². The van der Waals surface area contributed by atoms with Crippen LogP contribution >= 0.6 is 0 Å². The van der Waals surface area contributed by atoms with Crippen molar-refractivity contribution in [2.45, 2.75) is 114 Å². The summed E-state index contributed by atoms with van der Waals surface area (Å²) >= 11 is 0. The van der Waals surface area contributed by atoms with Crippen LogP contribution in [0.5, 0.6) is 17.4 Å². The van der Waals surface area contributed by atoms with E-state index < -0.39 is 74.3 Å². The van der Waals surface area contributed by atoms with Crippen LogP contribution in [0.4, 0.5) is 4.79 Å². The van der Waals surface area contributed by atoms with Gasteiger partial charge >= 0.3 is 6.09 Å². The Kier molecular flexibility index (Phi) is 12.3.